The Bertz CT molecular complexity index is 617. The van der Waals surface area contributed by atoms with Gasteiger partial charge in [-0.15, -0.1) is 0 Å². The highest BCUT2D eigenvalue weighted by molar-refractivity contribution is 9.11. The van der Waals surface area contributed by atoms with Gasteiger partial charge in [0.25, 0.3) is 0 Å². The molecule has 0 unspecified atom stereocenters. The van der Waals surface area contributed by atoms with E-state index in [2.05, 4.69) is 31.9 Å². The van der Waals surface area contributed by atoms with Gasteiger partial charge in [-0.25, -0.2) is 4.79 Å². The van der Waals surface area contributed by atoms with Gasteiger partial charge in [-0.05, 0) is 46.3 Å². The molecular formula is C16H14Br2O4. The summed E-state index contributed by atoms with van der Waals surface area (Å²) in [5, 5.41) is 0. The predicted octanol–water partition coefficient (Wildman–Crippen LogP) is 4.21. The van der Waals surface area contributed by atoms with Crippen molar-refractivity contribution in [1.82, 2.24) is 0 Å². The van der Waals surface area contributed by atoms with Crippen molar-refractivity contribution in [3.63, 3.8) is 0 Å². The summed E-state index contributed by atoms with van der Waals surface area (Å²) in [7, 11) is 0. The third-order valence-electron chi connectivity index (χ3n) is 2.60. The molecule has 0 bridgehead atoms. The lowest BCUT2D eigenvalue weighted by Crippen LogP contribution is -2.18. The molecule has 2 aromatic carbocycles. The molecule has 2 rings (SSSR count). The van der Waals surface area contributed by atoms with Crippen molar-refractivity contribution >= 4 is 37.8 Å². The lowest BCUT2D eigenvalue weighted by atomic mass is 10.3. The van der Waals surface area contributed by atoms with Crippen LogP contribution in [0.2, 0.25) is 0 Å². The van der Waals surface area contributed by atoms with E-state index < -0.39 is 5.97 Å². The molecule has 0 aliphatic heterocycles. The van der Waals surface area contributed by atoms with Crippen LogP contribution in [0.15, 0.2) is 57.5 Å². The highest BCUT2D eigenvalue weighted by Crippen LogP contribution is 2.28. The number of benzene rings is 2. The molecular weight excluding hydrogens is 416 g/mol. The summed E-state index contributed by atoms with van der Waals surface area (Å²) in [5.41, 5.74) is 0. The van der Waals surface area contributed by atoms with Crippen LogP contribution in [0, 0.1) is 0 Å². The molecule has 0 aromatic heterocycles. The fourth-order valence-corrected chi connectivity index (χ4v) is 2.76. The van der Waals surface area contributed by atoms with Gasteiger partial charge in [0, 0.05) is 4.47 Å². The number of ether oxygens (including phenoxy) is 3. The molecule has 6 heteroatoms. The summed E-state index contributed by atoms with van der Waals surface area (Å²) in [4.78, 5) is 11.6. The van der Waals surface area contributed by atoms with Gasteiger partial charge >= 0.3 is 5.97 Å². The van der Waals surface area contributed by atoms with E-state index in [1.165, 1.54) is 0 Å². The lowest BCUT2D eigenvalue weighted by molar-refractivity contribution is -0.146. The number of carbonyl (C=O) groups is 1. The number of esters is 1. The number of halogens is 2. The molecule has 22 heavy (non-hydrogen) atoms. The zero-order chi connectivity index (χ0) is 15.8. The van der Waals surface area contributed by atoms with Gasteiger partial charge in [-0.2, -0.15) is 0 Å². The van der Waals surface area contributed by atoms with Crippen LogP contribution in [-0.2, 0) is 9.53 Å². The van der Waals surface area contributed by atoms with Crippen molar-refractivity contribution in [2.75, 3.05) is 19.8 Å². The Morgan fingerprint density at radius 2 is 1.73 bits per heavy atom. The Morgan fingerprint density at radius 1 is 0.955 bits per heavy atom. The number of hydrogen-bond donors (Lipinski definition) is 0. The van der Waals surface area contributed by atoms with Gasteiger partial charge in [0.15, 0.2) is 6.61 Å². The highest BCUT2D eigenvalue weighted by atomic mass is 79.9. The van der Waals surface area contributed by atoms with Crippen LogP contribution in [0.1, 0.15) is 0 Å². The van der Waals surface area contributed by atoms with Crippen molar-refractivity contribution in [2.24, 2.45) is 0 Å². The van der Waals surface area contributed by atoms with Crippen molar-refractivity contribution in [2.45, 2.75) is 0 Å². The number of rotatable bonds is 7. The van der Waals surface area contributed by atoms with E-state index in [1.807, 2.05) is 42.5 Å². The number of para-hydroxylation sites is 1. The molecule has 0 atom stereocenters. The van der Waals surface area contributed by atoms with E-state index in [0.29, 0.717) is 12.4 Å². The maximum absolute atomic E-state index is 11.6. The summed E-state index contributed by atoms with van der Waals surface area (Å²) < 4.78 is 17.5. The second-order valence-electron chi connectivity index (χ2n) is 4.25. The SMILES string of the molecule is O=C(COc1ccc(Br)cc1Br)OCCOc1ccccc1. The molecule has 0 heterocycles. The second-order valence-corrected chi connectivity index (χ2v) is 6.02. The minimum absolute atomic E-state index is 0.147. The Morgan fingerprint density at radius 3 is 2.45 bits per heavy atom. The van der Waals surface area contributed by atoms with Gasteiger partial charge < -0.3 is 14.2 Å². The third kappa shape index (κ3) is 5.69. The molecule has 4 nitrogen and oxygen atoms in total. The molecule has 2 aromatic rings. The van der Waals surface area contributed by atoms with Crippen LogP contribution >= 0.6 is 31.9 Å². The quantitative estimate of drug-likeness (QED) is 0.488. The summed E-state index contributed by atoms with van der Waals surface area (Å²) in [5.74, 6) is 0.890. The summed E-state index contributed by atoms with van der Waals surface area (Å²) >= 11 is 6.71. The first-order valence-corrected chi connectivity index (χ1v) is 8.15. The molecule has 0 aliphatic rings. The van der Waals surface area contributed by atoms with Gasteiger partial charge in [-0.3, -0.25) is 0 Å². The predicted molar refractivity (Wildman–Crippen MR) is 90.2 cm³/mol. The van der Waals surface area contributed by atoms with Crippen LogP contribution in [-0.4, -0.2) is 25.8 Å². The smallest absolute Gasteiger partial charge is 0.344 e. The third-order valence-corrected chi connectivity index (χ3v) is 3.71. The molecule has 0 saturated heterocycles. The standard InChI is InChI=1S/C16H14Br2O4/c17-12-6-7-15(14(18)10-12)22-11-16(19)21-9-8-20-13-4-2-1-3-5-13/h1-7,10H,8-9,11H2. The Hall–Kier alpha value is -1.53. The summed E-state index contributed by atoms with van der Waals surface area (Å²) in [6, 6.07) is 14.8. The minimum atomic E-state index is -0.438. The van der Waals surface area contributed by atoms with Crippen LogP contribution in [0.25, 0.3) is 0 Å². The maximum Gasteiger partial charge on any atom is 0.344 e. The van der Waals surface area contributed by atoms with Gasteiger partial charge in [0.1, 0.15) is 24.7 Å². The van der Waals surface area contributed by atoms with E-state index in [0.717, 1.165) is 14.7 Å². The first-order valence-electron chi connectivity index (χ1n) is 6.56. The first kappa shape index (κ1) is 16.8. The van der Waals surface area contributed by atoms with Crippen LogP contribution in [0.4, 0.5) is 0 Å². The Labute approximate surface area is 145 Å². The zero-order valence-corrected chi connectivity index (χ0v) is 14.8. The monoisotopic (exact) mass is 428 g/mol. The molecule has 0 fully saturated rings. The fraction of sp³-hybridized carbons (Fsp3) is 0.188. The second kappa shape index (κ2) is 8.80. The fourth-order valence-electron chi connectivity index (χ4n) is 1.60. The van der Waals surface area contributed by atoms with Gasteiger partial charge in [0.2, 0.25) is 0 Å². The maximum atomic E-state index is 11.6. The summed E-state index contributed by atoms with van der Waals surface area (Å²) in [6.07, 6.45) is 0. The number of carbonyl (C=O) groups excluding carboxylic acids is 1. The Balaban J connectivity index is 1.65. The van der Waals surface area contributed by atoms with Crippen molar-refractivity contribution in [3.8, 4) is 11.5 Å². The normalized spacial score (nSPS) is 10.1. The largest absolute Gasteiger partial charge is 0.490 e. The van der Waals surface area contributed by atoms with Crippen LogP contribution in [0.3, 0.4) is 0 Å². The van der Waals surface area contributed by atoms with Crippen molar-refractivity contribution < 1.29 is 19.0 Å². The average Bonchev–Trinajstić information content (AvgIpc) is 2.52. The molecule has 0 saturated carbocycles. The molecule has 116 valence electrons. The topological polar surface area (TPSA) is 44.8 Å². The van der Waals surface area contributed by atoms with E-state index in [-0.39, 0.29) is 13.2 Å². The van der Waals surface area contributed by atoms with E-state index in [4.69, 9.17) is 14.2 Å². The zero-order valence-electron chi connectivity index (χ0n) is 11.6. The molecule has 0 amide bonds. The molecule has 0 aliphatic carbocycles. The van der Waals surface area contributed by atoms with Crippen LogP contribution < -0.4 is 9.47 Å². The van der Waals surface area contributed by atoms with E-state index in [9.17, 15) is 4.79 Å². The lowest BCUT2D eigenvalue weighted by Gasteiger charge is -2.09. The Kier molecular flexibility index (Phi) is 6.74. The van der Waals surface area contributed by atoms with E-state index in [1.54, 1.807) is 6.07 Å². The number of hydrogen-bond acceptors (Lipinski definition) is 4. The van der Waals surface area contributed by atoms with Gasteiger partial charge in [0.05, 0.1) is 4.47 Å². The highest BCUT2D eigenvalue weighted by Gasteiger charge is 2.07. The van der Waals surface area contributed by atoms with Crippen LogP contribution in [0.5, 0.6) is 11.5 Å². The van der Waals surface area contributed by atoms with Gasteiger partial charge in [-0.1, -0.05) is 34.1 Å². The van der Waals surface area contributed by atoms with E-state index >= 15 is 0 Å². The average molecular weight is 430 g/mol. The summed E-state index contributed by atoms with van der Waals surface area (Å²) in [6.45, 7) is 0.335. The molecule has 0 spiro atoms. The minimum Gasteiger partial charge on any atom is -0.490 e. The van der Waals surface area contributed by atoms with Crippen molar-refractivity contribution in [1.29, 1.82) is 0 Å². The van der Waals surface area contributed by atoms with Crippen molar-refractivity contribution in [3.05, 3.63) is 57.5 Å². The molecule has 0 N–H and O–H groups in total. The first-order chi connectivity index (χ1) is 10.6. The molecule has 0 radical (unpaired) electrons.